The Kier molecular flexibility index (Phi) is 4.73. The third kappa shape index (κ3) is 3.63. The van der Waals surface area contributed by atoms with Crippen molar-refractivity contribution in [3.8, 4) is 0 Å². The van der Waals surface area contributed by atoms with Crippen molar-refractivity contribution in [2.24, 2.45) is 0 Å². The number of nitrogens with zero attached hydrogens (tertiary/aromatic N) is 2. The number of carbonyl (C=O) groups excluding carboxylic acids is 2. The van der Waals surface area contributed by atoms with Crippen LogP contribution in [0.2, 0.25) is 0 Å². The summed E-state index contributed by atoms with van der Waals surface area (Å²) in [4.78, 5) is 27.6. The molecular formula is C17H19F3N2O3. The lowest BCUT2D eigenvalue weighted by atomic mass is 10.0. The zero-order valence-electron chi connectivity index (χ0n) is 13.8. The number of carbonyl (C=O) groups is 2. The van der Waals surface area contributed by atoms with Crippen molar-refractivity contribution in [1.82, 2.24) is 9.80 Å². The highest BCUT2D eigenvalue weighted by atomic mass is 19.4. The Hall–Kier alpha value is -2.09. The van der Waals surface area contributed by atoms with Crippen molar-refractivity contribution in [3.63, 3.8) is 0 Å². The number of ether oxygens (including phenoxy) is 1. The third-order valence-electron chi connectivity index (χ3n) is 4.87. The Bertz CT molecular complexity index is 660. The molecule has 0 bridgehead atoms. The first-order valence-corrected chi connectivity index (χ1v) is 8.11. The molecule has 0 N–H and O–H groups in total. The van der Waals surface area contributed by atoms with Gasteiger partial charge in [0.1, 0.15) is 6.61 Å². The summed E-state index contributed by atoms with van der Waals surface area (Å²) >= 11 is 0. The predicted octanol–water partition coefficient (Wildman–Crippen LogP) is 2.17. The SMILES string of the molecule is CN1C(=O)CO[C@H]2CCN(C(=O)c3ccc(C(F)(F)F)cc3)CC[C@@H]21. The van der Waals surface area contributed by atoms with Crippen LogP contribution in [0, 0.1) is 0 Å². The van der Waals surface area contributed by atoms with Gasteiger partial charge in [0, 0.05) is 25.7 Å². The standard InChI is InChI=1S/C17H19F3N2O3/c1-21-13-6-8-22(9-7-14(13)25-10-15(21)23)16(24)11-2-4-12(5-3-11)17(18,19)20/h2-5,13-14H,6-10H2,1H3/t13-,14-/m0/s1. The first kappa shape index (κ1) is 17.7. The zero-order valence-corrected chi connectivity index (χ0v) is 13.8. The summed E-state index contributed by atoms with van der Waals surface area (Å²) in [5.41, 5.74) is -0.553. The topological polar surface area (TPSA) is 49.9 Å². The lowest BCUT2D eigenvalue weighted by molar-refractivity contribution is -0.154. The number of halogens is 3. The number of likely N-dealkylation sites (N-methyl/N-ethyl adjacent to an activating group) is 1. The van der Waals surface area contributed by atoms with E-state index in [1.165, 1.54) is 12.1 Å². The summed E-state index contributed by atoms with van der Waals surface area (Å²) in [6, 6.07) is 4.16. The number of hydrogen-bond donors (Lipinski definition) is 0. The minimum Gasteiger partial charge on any atom is -0.366 e. The van der Waals surface area contributed by atoms with Crippen molar-refractivity contribution in [2.75, 3.05) is 26.7 Å². The highest BCUT2D eigenvalue weighted by molar-refractivity contribution is 5.94. The molecule has 0 aromatic heterocycles. The van der Waals surface area contributed by atoms with Crippen LogP contribution in [0.4, 0.5) is 13.2 Å². The van der Waals surface area contributed by atoms with Gasteiger partial charge in [-0.15, -0.1) is 0 Å². The largest absolute Gasteiger partial charge is 0.416 e. The van der Waals surface area contributed by atoms with Crippen molar-refractivity contribution in [1.29, 1.82) is 0 Å². The van der Waals surface area contributed by atoms with Crippen LogP contribution in [-0.2, 0) is 15.7 Å². The molecule has 2 heterocycles. The molecule has 3 rings (SSSR count). The predicted molar refractivity (Wildman–Crippen MR) is 82.9 cm³/mol. The van der Waals surface area contributed by atoms with E-state index in [1.807, 2.05) is 0 Å². The highest BCUT2D eigenvalue weighted by Gasteiger charge is 2.37. The summed E-state index contributed by atoms with van der Waals surface area (Å²) in [5, 5.41) is 0. The second-order valence-electron chi connectivity index (χ2n) is 6.37. The number of alkyl halides is 3. The van der Waals surface area contributed by atoms with Gasteiger partial charge in [0.25, 0.3) is 5.91 Å². The van der Waals surface area contributed by atoms with Crippen LogP contribution in [0.25, 0.3) is 0 Å². The lowest BCUT2D eigenvalue weighted by Gasteiger charge is -2.37. The molecular weight excluding hydrogens is 337 g/mol. The number of likely N-dealkylation sites (tertiary alicyclic amines) is 1. The second kappa shape index (κ2) is 6.67. The van der Waals surface area contributed by atoms with Crippen LogP contribution in [0.5, 0.6) is 0 Å². The molecule has 0 spiro atoms. The van der Waals surface area contributed by atoms with Crippen LogP contribution in [0.3, 0.4) is 0 Å². The minimum absolute atomic E-state index is 0.0461. The van der Waals surface area contributed by atoms with Crippen LogP contribution in [0.1, 0.15) is 28.8 Å². The maximum atomic E-state index is 12.6. The van der Waals surface area contributed by atoms with E-state index in [-0.39, 0.29) is 36.1 Å². The van der Waals surface area contributed by atoms with E-state index in [4.69, 9.17) is 4.74 Å². The zero-order chi connectivity index (χ0) is 18.2. The molecule has 2 aliphatic heterocycles. The molecule has 2 atom stereocenters. The Labute approximate surface area is 143 Å². The number of morpholine rings is 1. The summed E-state index contributed by atoms with van der Waals surface area (Å²) in [6.07, 6.45) is -3.37. The number of amides is 2. The van der Waals surface area contributed by atoms with Gasteiger partial charge in [0.2, 0.25) is 5.91 Å². The molecule has 136 valence electrons. The average Bonchev–Trinajstić information content (AvgIpc) is 2.80. The summed E-state index contributed by atoms with van der Waals surface area (Å²) in [5.74, 6) is -0.384. The minimum atomic E-state index is -4.42. The molecule has 2 amide bonds. The molecule has 8 heteroatoms. The molecule has 2 saturated heterocycles. The smallest absolute Gasteiger partial charge is 0.366 e. The van der Waals surface area contributed by atoms with Gasteiger partial charge in [0.05, 0.1) is 17.7 Å². The monoisotopic (exact) mass is 356 g/mol. The molecule has 25 heavy (non-hydrogen) atoms. The van der Waals surface area contributed by atoms with Gasteiger partial charge in [-0.2, -0.15) is 13.2 Å². The molecule has 0 saturated carbocycles. The van der Waals surface area contributed by atoms with E-state index >= 15 is 0 Å². The molecule has 5 nitrogen and oxygen atoms in total. The van der Waals surface area contributed by atoms with Gasteiger partial charge in [-0.25, -0.2) is 0 Å². The molecule has 0 radical (unpaired) electrons. The highest BCUT2D eigenvalue weighted by Crippen LogP contribution is 2.29. The van der Waals surface area contributed by atoms with Gasteiger partial charge < -0.3 is 14.5 Å². The maximum Gasteiger partial charge on any atom is 0.416 e. The van der Waals surface area contributed by atoms with Crippen LogP contribution in [-0.4, -0.2) is 60.5 Å². The van der Waals surface area contributed by atoms with Crippen molar-refractivity contribution >= 4 is 11.8 Å². The van der Waals surface area contributed by atoms with Gasteiger partial charge in [-0.1, -0.05) is 0 Å². The number of rotatable bonds is 1. The molecule has 1 aromatic rings. The fraction of sp³-hybridized carbons (Fsp3) is 0.529. The van der Waals surface area contributed by atoms with Gasteiger partial charge >= 0.3 is 6.18 Å². The fourth-order valence-electron chi connectivity index (χ4n) is 3.35. The molecule has 1 aromatic carbocycles. The summed E-state index contributed by atoms with van der Waals surface area (Å²) in [7, 11) is 1.73. The summed E-state index contributed by atoms with van der Waals surface area (Å²) in [6.45, 7) is 0.926. The maximum absolute atomic E-state index is 12.6. The van der Waals surface area contributed by atoms with E-state index in [1.54, 1.807) is 16.8 Å². The average molecular weight is 356 g/mol. The first-order chi connectivity index (χ1) is 11.8. The first-order valence-electron chi connectivity index (χ1n) is 8.11. The van der Waals surface area contributed by atoms with Crippen molar-refractivity contribution in [3.05, 3.63) is 35.4 Å². The number of benzene rings is 1. The van der Waals surface area contributed by atoms with Crippen LogP contribution >= 0.6 is 0 Å². The van der Waals surface area contributed by atoms with Gasteiger partial charge in [-0.05, 0) is 37.1 Å². The molecule has 0 aliphatic carbocycles. The number of fused-ring (bicyclic) bond motifs is 1. The number of hydrogen-bond acceptors (Lipinski definition) is 3. The van der Waals surface area contributed by atoms with E-state index in [2.05, 4.69) is 0 Å². The second-order valence-corrected chi connectivity index (χ2v) is 6.37. The Morgan fingerprint density at radius 2 is 1.80 bits per heavy atom. The van der Waals surface area contributed by atoms with Gasteiger partial charge in [-0.3, -0.25) is 9.59 Å². The van der Waals surface area contributed by atoms with E-state index in [0.29, 0.717) is 25.9 Å². The molecule has 0 unspecified atom stereocenters. The lowest BCUT2D eigenvalue weighted by Crippen LogP contribution is -2.52. The Morgan fingerprint density at radius 3 is 2.44 bits per heavy atom. The fourth-order valence-corrected chi connectivity index (χ4v) is 3.35. The van der Waals surface area contributed by atoms with Crippen molar-refractivity contribution in [2.45, 2.75) is 31.2 Å². The van der Waals surface area contributed by atoms with E-state index in [9.17, 15) is 22.8 Å². The van der Waals surface area contributed by atoms with Crippen LogP contribution in [0.15, 0.2) is 24.3 Å². The van der Waals surface area contributed by atoms with Crippen LogP contribution < -0.4 is 0 Å². The summed E-state index contributed by atoms with van der Waals surface area (Å²) < 4.78 is 43.5. The van der Waals surface area contributed by atoms with Crippen molar-refractivity contribution < 1.29 is 27.5 Å². The van der Waals surface area contributed by atoms with E-state index in [0.717, 1.165) is 12.1 Å². The Morgan fingerprint density at radius 1 is 1.16 bits per heavy atom. The Balaban J connectivity index is 1.70. The quantitative estimate of drug-likeness (QED) is 0.775. The van der Waals surface area contributed by atoms with E-state index < -0.39 is 11.7 Å². The normalized spacial score (nSPS) is 24.7. The third-order valence-corrected chi connectivity index (χ3v) is 4.87. The molecule has 2 aliphatic rings. The van der Waals surface area contributed by atoms with Gasteiger partial charge in [0.15, 0.2) is 0 Å². The molecule has 2 fully saturated rings.